The summed E-state index contributed by atoms with van der Waals surface area (Å²) in [4.78, 5) is 12.0. The predicted molar refractivity (Wildman–Crippen MR) is 89.1 cm³/mol. The van der Waals surface area contributed by atoms with Gasteiger partial charge in [0.15, 0.2) is 0 Å². The van der Waals surface area contributed by atoms with E-state index in [1.165, 1.54) is 18.2 Å². The summed E-state index contributed by atoms with van der Waals surface area (Å²) in [5.74, 6) is -1.42. The highest BCUT2D eigenvalue weighted by Gasteiger charge is 2.28. The monoisotopic (exact) mass is 368 g/mol. The van der Waals surface area contributed by atoms with Crippen molar-refractivity contribution in [2.24, 2.45) is 0 Å². The molecule has 1 saturated carbocycles. The van der Waals surface area contributed by atoms with Crippen LogP contribution >= 0.6 is 11.6 Å². The Morgan fingerprint density at radius 2 is 1.88 bits per heavy atom. The molecule has 0 radical (unpaired) electrons. The minimum atomic E-state index is -3.75. The van der Waals surface area contributed by atoms with Crippen LogP contribution in [0.5, 0.6) is 0 Å². The average Bonchev–Trinajstić information content (AvgIpc) is 3.32. The number of hydrogen-bond acceptors (Lipinski definition) is 3. The van der Waals surface area contributed by atoms with Gasteiger partial charge in [0.05, 0.1) is 21.2 Å². The standard InChI is InChI=1S/C16H14ClFN2O3S/c17-13-4-2-1-3-12(13)16(21)19-15-8-7-11(9-14(15)18)24(22,23)20-10-5-6-10/h1-4,7-10,20H,5-6H2,(H,19,21). The Hall–Kier alpha value is -1.96. The molecule has 126 valence electrons. The second kappa shape index (κ2) is 6.51. The van der Waals surface area contributed by atoms with E-state index in [1.807, 2.05) is 0 Å². The van der Waals surface area contributed by atoms with E-state index in [0.29, 0.717) is 0 Å². The number of rotatable bonds is 5. The Morgan fingerprint density at radius 1 is 1.17 bits per heavy atom. The smallest absolute Gasteiger partial charge is 0.257 e. The number of nitrogens with one attached hydrogen (secondary N) is 2. The van der Waals surface area contributed by atoms with Gasteiger partial charge in [-0.2, -0.15) is 0 Å². The maximum atomic E-state index is 14.2. The van der Waals surface area contributed by atoms with Crippen molar-refractivity contribution in [1.29, 1.82) is 0 Å². The summed E-state index contributed by atoms with van der Waals surface area (Å²) < 4.78 is 40.7. The van der Waals surface area contributed by atoms with E-state index in [9.17, 15) is 17.6 Å². The lowest BCUT2D eigenvalue weighted by atomic mass is 10.2. The van der Waals surface area contributed by atoms with Crippen molar-refractivity contribution in [1.82, 2.24) is 4.72 Å². The molecule has 8 heteroatoms. The van der Waals surface area contributed by atoms with Crippen molar-refractivity contribution >= 4 is 33.2 Å². The molecule has 0 spiro atoms. The number of hydrogen-bond donors (Lipinski definition) is 2. The Kier molecular flexibility index (Phi) is 4.58. The predicted octanol–water partition coefficient (Wildman–Crippen LogP) is 3.17. The van der Waals surface area contributed by atoms with Gasteiger partial charge in [0.1, 0.15) is 5.82 Å². The van der Waals surface area contributed by atoms with E-state index in [2.05, 4.69) is 10.0 Å². The van der Waals surface area contributed by atoms with E-state index in [0.717, 1.165) is 18.9 Å². The third kappa shape index (κ3) is 3.75. The Bertz CT molecular complexity index is 898. The van der Waals surface area contributed by atoms with Crippen LogP contribution in [0.1, 0.15) is 23.2 Å². The van der Waals surface area contributed by atoms with Crippen molar-refractivity contribution in [3.05, 3.63) is 58.9 Å². The Balaban J connectivity index is 1.80. The molecule has 0 unspecified atom stereocenters. The van der Waals surface area contributed by atoms with E-state index in [1.54, 1.807) is 18.2 Å². The average molecular weight is 369 g/mol. The highest BCUT2D eigenvalue weighted by molar-refractivity contribution is 7.89. The van der Waals surface area contributed by atoms with Crippen LogP contribution in [0.25, 0.3) is 0 Å². The second-order valence-electron chi connectivity index (χ2n) is 5.47. The lowest BCUT2D eigenvalue weighted by molar-refractivity contribution is 0.102. The Morgan fingerprint density at radius 3 is 2.50 bits per heavy atom. The first kappa shape index (κ1) is 16.9. The van der Waals surface area contributed by atoms with Gasteiger partial charge in [-0.05, 0) is 43.2 Å². The first-order valence-corrected chi connectivity index (χ1v) is 9.11. The van der Waals surface area contributed by atoms with Crippen molar-refractivity contribution in [2.75, 3.05) is 5.32 Å². The van der Waals surface area contributed by atoms with E-state index in [4.69, 9.17) is 11.6 Å². The molecule has 2 N–H and O–H groups in total. The van der Waals surface area contributed by atoms with Crippen LogP contribution in [0, 0.1) is 5.82 Å². The first-order valence-electron chi connectivity index (χ1n) is 7.24. The maximum absolute atomic E-state index is 14.2. The van der Waals surface area contributed by atoms with E-state index in [-0.39, 0.29) is 27.2 Å². The van der Waals surface area contributed by atoms with E-state index >= 15 is 0 Å². The summed E-state index contributed by atoms with van der Waals surface area (Å²) in [6.45, 7) is 0. The summed E-state index contributed by atoms with van der Waals surface area (Å²) >= 11 is 5.92. The van der Waals surface area contributed by atoms with Crippen LogP contribution in [-0.4, -0.2) is 20.4 Å². The zero-order chi connectivity index (χ0) is 17.3. The topological polar surface area (TPSA) is 75.3 Å². The van der Waals surface area contributed by atoms with Crippen molar-refractivity contribution in [3.8, 4) is 0 Å². The minimum absolute atomic E-state index is 0.0716. The molecule has 1 aliphatic carbocycles. The number of carbonyl (C=O) groups excluding carboxylic acids is 1. The Labute approximate surface area is 143 Å². The zero-order valence-electron chi connectivity index (χ0n) is 12.4. The molecular formula is C16H14ClFN2O3S. The molecule has 0 saturated heterocycles. The van der Waals surface area contributed by atoms with E-state index < -0.39 is 21.7 Å². The van der Waals surface area contributed by atoms with Crippen molar-refractivity contribution in [3.63, 3.8) is 0 Å². The number of anilines is 1. The maximum Gasteiger partial charge on any atom is 0.257 e. The minimum Gasteiger partial charge on any atom is -0.319 e. The fraction of sp³-hybridized carbons (Fsp3) is 0.188. The van der Waals surface area contributed by atoms with Gasteiger partial charge in [-0.15, -0.1) is 0 Å². The zero-order valence-corrected chi connectivity index (χ0v) is 14.0. The molecule has 0 atom stereocenters. The fourth-order valence-corrected chi connectivity index (χ4v) is 3.63. The molecule has 24 heavy (non-hydrogen) atoms. The van der Waals surface area contributed by atoms with Gasteiger partial charge < -0.3 is 5.32 Å². The molecule has 2 aromatic carbocycles. The quantitative estimate of drug-likeness (QED) is 0.851. The van der Waals surface area contributed by atoms with Crippen LogP contribution < -0.4 is 10.0 Å². The van der Waals surface area contributed by atoms with Gasteiger partial charge in [-0.3, -0.25) is 4.79 Å². The van der Waals surface area contributed by atoms with Crippen LogP contribution in [0.3, 0.4) is 0 Å². The SMILES string of the molecule is O=C(Nc1ccc(S(=O)(=O)NC2CC2)cc1F)c1ccccc1Cl. The molecule has 0 bridgehead atoms. The summed E-state index contributed by atoms with van der Waals surface area (Å²) in [6, 6.07) is 9.63. The third-order valence-electron chi connectivity index (χ3n) is 3.52. The number of carbonyl (C=O) groups is 1. The highest BCUT2D eigenvalue weighted by Crippen LogP contribution is 2.25. The van der Waals surface area contributed by atoms with Gasteiger partial charge in [-0.1, -0.05) is 23.7 Å². The third-order valence-corrected chi connectivity index (χ3v) is 5.36. The number of sulfonamides is 1. The molecule has 2 aromatic rings. The molecule has 0 heterocycles. The van der Waals surface area contributed by atoms with Gasteiger partial charge in [0.25, 0.3) is 5.91 Å². The molecule has 0 aliphatic heterocycles. The number of halogens is 2. The van der Waals surface area contributed by atoms with Gasteiger partial charge in [0.2, 0.25) is 10.0 Å². The fourth-order valence-electron chi connectivity index (χ4n) is 2.09. The van der Waals surface area contributed by atoms with Crippen LogP contribution in [-0.2, 0) is 10.0 Å². The molecule has 1 fully saturated rings. The molecule has 1 amide bonds. The van der Waals surface area contributed by atoms with Crippen LogP contribution in [0.2, 0.25) is 5.02 Å². The molecule has 5 nitrogen and oxygen atoms in total. The van der Waals surface area contributed by atoms with Crippen LogP contribution in [0.15, 0.2) is 47.4 Å². The van der Waals surface area contributed by atoms with Gasteiger partial charge in [-0.25, -0.2) is 17.5 Å². The molecule has 1 aliphatic rings. The van der Waals surface area contributed by atoms with Crippen molar-refractivity contribution < 1.29 is 17.6 Å². The number of benzene rings is 2. The van der Waals surface area contributed by atoms with Gasteiger partial charge >= 0.3 is 0 Å². The largest absolute Gasteiger partial charge is 0.319 e. The van der Waals surface area contributed by atoms with Crippen molar-refractivity contribution in [2.45, 2.75) is 23.8 Å². The van der Waals surface area contributed by atoms with Crippen LogP contribution in [0.4, 0.5) is 10.1 Å². The summed E-state index contributed by atoms with van der Waals surface area (Å²) in [7, 11) is -3.75. The summed E-state index contributed by atoms with van der Waals surface area (Å²) in [6.07, 6.45) is 1.57. The molecular weight excluding hydrogens is 355 g/mol. The highest BCUT2D eigenvalue weighted by atomic mass is 35.5. The lowest BCUT2D eigenvalue weighted by Gasteiger charge is -2.10. The summed E-state index contributed by atoms with van der Waals surface area (Å²) in [5, 5.41) is 2.62. The summed E-state index contributed by atoms with van der Waals surface area (Å²) in [5.41, 5.74) is 0.0796. The molecule has 0 aromatic heterocycles. The lowest BCUT2D eigenvalue weighted by Crippen LogP contribution is -2.25. The second-order valence-corrected chi connectivity index (χ2v) is 7.59. The normalized spacial score (nSPS) is 14.4. The first-order chi connectivity index (χ1) is 11.4. The molecule has 3 rings (SSSR count). The number of amides is 1. The van der Waals surface area contributed by atoms with Gasteiger partial charge in [0, 0.05) is 6.04 Å².